The van der Waals surface area contributed by atoms with Crippen LogP contribution in [0.2, 0.25) is 5.15 Å². The zero-order chi connectivity index (χ0) is 19.7. The summed E-state index contributed by atoms with van der Waals surface area (Å²) < 4.78 is 5.74. The van der Waals surface area contributed by atoms with Crippen molar-refractivity contribution in [3.63, 3.8) is 0 Å². The highest BCUT2D eigenvalue weighted by atomic mass is 35.5. The molecule has 0 aliphatic heterocycles. The summed E-state index contributed by atoms with van der Waals surface area (Å²) in [5.41, 5.74) is 5.00. The van der Waals surface area contributed by atoms with E-state index < -0.39 is 0 Å². The van der Waals surface area contributed by atoms with Gasteiger partial charge in [0.15, 0.2) is 0 Å². The molecule has 4 heteroatoms. The minimum absolute atomic E-state index is 0.360. The Labute approximate surface area is 170 Å². The van der Waals surface area contributed by atoms with Crippen LogP contribution in [-0.4, -0.2) is 16.6 Å². The third-order valence-electron chi connectivity index (χ3n) is 4.88. The van der Waals surface area contributed by atoms with Crippen LogP contribution in [0.4, 0.5) is 0 Å². The van der Waals surface area contributed by atoms with Crippen LogP contribution in [0.25, 0.3) is 32.9 Å². The molecule has 4 aromatic rings. The third-order valence-corrected chi connectivity index (χ3v) is 5.17. The number of aromatic nitrogens is 2. The van der Waals surface area contributed by atoms with Crippen LogP contribution < -0.4 is 4.74 Å². The lowest BCUT2D eigenvalue weighted by molar-refractivity contribution is 0.306. The van der Waals surface area contributed by atoms with Crippen LogP contribution in [-0.2, 0) is 0 Å². The molecule has 0 aliphatic carbocycles. The molecule has 0 saturated carbocycles. The van der Waals surface area contributed by atoms with Gasteiger partial charge in [0.2, 0.25) is 5.88 Å². The van der Waals surface area contributed by atoms with Gasteiger partial charge in [-0.25, -0.2) is 9.97 Å². The van der Waals surface area contributed by atoms with Gasteiger partial charge in [0.05, 0.1) is 17.6 Å². The number of para-hydroxylation sites is 1. The zero-order valence-corrected chi connectivity index (χ0v) is 17.1. The summed E-state index contributed by atoms with van der Waals surface area (Å²) in [7, 11) is 0. The molecule has 142 valence electrons. The van der Waals surface area contributed by atoms with Gasteiger partial charge in [0.25, 0.3) is 0 Å². The lowest BCUT2D eigenvalue weighted by Gasteiger charge is -2.15. The van der Waals surface area contributed by atoms with Crippen molar-refractivity contribution in [1.82, 2.24) is 9.97 Å². The van der Waals surface area contributed by atoms with Gasteiger partial charge in [-0.15, -0.1) is 0 Å². The Morgan fingerprint density at radius 3 is 2.57 bits per heavy atom. The van der Waals surface area contributed by atoms with Gasteiger partial charge in [-0.1, -0.05) is 56.6 Å². The maximum atomic E-state index is 6.56. The second-order valence-corrected chi connectivity index (χ2v) is 7.66. The quantitative estimate of drug-likeness (QED) is 0.343. The minimum atomic E-state index is 0.360. The number of halogens is 1. The average molecular weight is 391 g/mol. The van der Waals surface area contributed by atoms with Crippen molar-refractivity contribution in [1.29, 1.82) is 0 Å². The lowest BCUT2D eigenvalue weighted by Crippen LogP contribution is -1.99. The van der Waals surface area contributed by atoms with Crippen LogP contribution in [0.3, 0.4) is 0 Å². The molecule has 0 amide bonds. The highest BCUT2D eigenvalue weighted by Crippen LogP contribution is 2.35. The van der Waals surface area contributed by atoms with E-state index in [1.54, 1.807) is 0 Å². The summed E-state index contributed by atoms with van der Waals surface area (Å²) >= 11 is 6.56. The van der Waals surface area contributed by atoms with E-state index in [0.29, 0.717) is 23.6 Å². The normalized spacial score (nSPS) is 11.5. The number of pyridine rings is 2. The second kappa shape index (κ2) is 7.76. The van der Waals surface area contributed by atoms with E-state index in [0.717, 1.165) is 39.4 Å². The standard InChI is InChI=1S/C24H23ClN2O/c1-4-11-28-23-10-9-18-19(15(2)3)13-17(14-22(18)26-23)20-12-16-7-5-6-8-21(16)27-24(20)25/h5-10,12-15H,4,11H2,1-3H3. The first-order valence-electron chi connectivity index (χ1n) is 9.70. The van der Waals surface area contributed by atoms with E-state index in [2.05, 4.69) is 56.1 Å². The molecule has 0 radical (unpaired) electrons. The fourth-order valence-electron chi connectivity index (χ4n) is 3.46. The topological polar surface area (TPSA) is 35.0 Å². The summed E-state index contributed by atoms with van der Waals surface area (Å²) in [5, 5.41) is 2.72. The molecular formula is C24H23ClN2O. The van der Waals surface area contributed by atoms with Gasteiger partial charge in [-0.05, 0) is 47.7 Å². The molecule has 0 atom stereocenters. The summed E-state index contributed by atoms with van der Waals surface area (Å²) in [5.74, 6) is 1.02. The minimum Gasteiger partial charge on any atom is -0.478 e. The van der Waals surface area contributed by atoms with Crippen molar-refractivity contribution >= 4 is 33.4 Å². The Morgan fingerprint density at radius 1 is 0.964 bits per heavy atom. The molecule has 0 aliphatic rings. The molecule has 0 saturated heterocycles. The Morgan fingerprint density at radius 2 is 1.79 bits per heavy atom. The van der Waals surface area contributed by atoms with E-state index in [9.17, 15) is 0 Å². The molecule has 2 aromatic carbocycles. The van der Waals surface area contributed by atoms with Gasteiger partial charge in [0.1, 0.15) is 5.15 Å². The Hall–Kier alpha value is -2.65. The first-order valence-corrected chi connectivity index (χ1v) is 10.1. The monoisotopic (exact) mass is 390 g/mol. The fraction of sp³-hybridized carbons (Fsp3) is 0.250. The number of hydrogen-bond acceptors (Lipinski definition) is 3. The summed E-state index contributed by atoms with van der Waals surface area (Å²) in [6, 6.07) is 18.5. The Kier molecular flexibility index (Phi) is 5.19. The van der Waals surface area contributed by atoms with Gasteiger partial charge >= 0.3 is 0 Å². The molecular weight excluding hydrogens is 368 g/mol. The zero-order valence-electron chi connectivity index (χ0n) is 16.4. The maximum Gasteiger partial charge on any atom is 0.213 e. The second-order valence-electron chi connectivity index (χ2n) is 7.30. The number of ether oxygens (including phenoxy) is 1. The summed E-state index contributed by atoms with van der Waals surface area (Å²) in [6.45, 7) is 7.14. The lowest BCUT2D eigenvalue weighted by atomic mass is 9.93. The van der Waals surface area contributed by atoms with Crippen LogP contribution in [0.15, 0.2) is 54.6 Å². The third kappa shape index (κ3) is 3.55. The fourth-order valence-corrected chi connectivity index (χ4v) is 3.71. The van der Waals surface area contributed by atoms with Crippen molar-refractivity contribution in [3.05, 3.63) is 65.3 Å². The van der Waals surface area contributed by atoms with Crippen molar-refractivity contribution < 1.29 is 4.74 Å². The molecule has 0 bridgehead atoms. The molecule has 0 unspecified atom stereocenters. The smallest absolute Gasteiger partial charge is 0.213 e. The Balaban J connectivity index is 1.92. The van der Waals surface area contributed by atoms with E-state index in [-0.39, 0.29) is 0 Å². The summed E-state index contributed by atoms with van der Waals surface area (Å²) in [6.07, 6.45) is 0.954. The first-order chi connectivity index (χ1) is 13.6. The molecule has 0 spiro atoms. The van der Waals surface area contributed by atoms with Crippen LogP contribution >= 0.6 is 11.6 Å². The molecule has 28 heavy (non-hydrogen) atoms. The predicted octanol–water partition coefficient (Wildman–Crippen LogP) is 7.02. The van der Waals surface area contributed by atoms with Crippen molar-refractivity contribution in [2.45, 2.75) is 33.1 Å². The molecule has 3 nitrogen and oxygen atoms in total. The predicted molar refractivity (Wildman–Crippen MR) is 117 cm³/mol. The highest BCUT2D eigenvalue weighted by molar-refractivity contribution is 6.32. The average Bonchev–Trinajstić information content (AvgIpc) is 2.70. The van der Waals surface area contributed by atoms with Crippen molar-refractivity contribution in [3.8, 4) is 17.0 Å². The van der Waals surface area contributed by atoms with E-state index in [4.69, 9.17) is 21.3 Å². The van der Waals surface area contributed by atoms with E-state index in [1.165, 1.54) is 5.56 Å². The molecule has 4 rings (SSSR count). The number of hydrogen-bond donors (Lipinski definition) is 0. The number of fused-ring (bicyclic) bond motifs is 2. The largest absolute Gasteiger partial charge is 0.478 e. The number of rotatable bonds is 5. The SMILES string of the molecule is CCCOc1ccc2c(C(C)C)cc(-c3cc4ccccc4nc3Cl)cc2n1. The van der Waals surface area contributed by atoms with Gasteiger partial charge in [-0.2, -0.15) is 0 Å². The molecule has 0 fully saturated rings. The van der Waals surface area contributed by atoms with Crippen molar-refractivity contribution in [2.75, 3.05) is 6.61 Å². The van der Waals surface area contributed by atoms with Gasteiger partial charge in [-0.3, -0.25) is 0 Å². The van der Waals surface area contributed by atoms with Gasteiger partial charge in [0, 0.05) is 22.4 Å². The van der Waals surface area contributed by atoms with E-state index >= 15 is 0 Å². The maximum absolute atomic E-state index is 6.56. The first kappa shape index (κ1) is 18.7. The molecule has 0 N–H and O–H groups in total. The van der Waals surface area contributed by atoms with Gasteiger partial charge < -0.3 is 4.74 Å². The van der Waals surface area contributed by atoms with E-state index in [1.807, 2.05) is 24.3 Å². The molecule has 2 aromatic heterocycles. The number of benzene rings is 2. The molecule has 2 heterocycles. The summed E-state index contributed by atoms with van der Waals surface area (Å²) in [4.78, 5) is 9.33. The van der Waals surface area contributed by atoms with Crippen LogP contribution in [0.1, 0.15) is 38.7 Å². The van der Waals surface area contributed by atoms with Crippen LogP contribution in [0, 0.1) is 0 Å². The van der Waals surface area contributed by atoms with Crippen molar-refractivity contribution in [2.24, 2.45) is 0 Å². The van der Waals surface area contributed by atoms with Crippen LogP contribution in [0.5, 0.6) is 5.88 Å². The highest BCUT2D eigenvalue weighted by Gasteiger charge is 2.14. The number of nitrogens with zero attached hydrogens (tertiary/aromatic N) is 2. The Bertz CT molecular complexity index is 1150.